The molecule has 2 aromatic rings. The number of thiophene rings is 1. The number of benzene rings is 1. The molecule has 0 saturated heterocycles. The van der Waals surface area contributed by atoms with Crippen LogP contribution in [0.25, 0.3) is 0 Å². The summed E-state index contributed by atoms with van der Waals surface area (Å²) in [6, 6.07) is 7.77. The average molecular weight is 296 g/mol. The van der Waals surface area contributed by atoms with E-state index in [1.165, 1.54) is 35.6 Å². The number of sulfone groups is 1. The number of carboxylic acids is 1. The van der Waals surface area contributed by atoms with Crippen molar-refractivity contribution < 1.29 is 18.3 Å². The van der Waals surface area contributed by atoms with Crippen LogP contribution in [0, 0.1) is 0 Å². The number of hydrogen-bond acceptors (Lipinski definition) is 4. The van der Waals surface area contributed by atoms with Gasteiger partial charge >= 0.3 is 5.97 Å². The molecule has 0 saturated carbocycles. The van der Waals surface area contributed by atoms with Crippen LogP contribution in [0.5, 0.6) is 0 Å². The molecular weight excluding hydrogens is 284 g/mol. The van der Waals surface area contributed by atoms with Crippen molar-refractivity contribution in [3.8, 4) is 0 Å². The third-order valence-corrected chi connectivity index (χ3v) is 5.01. The Balaban J connectivity index is 2.19. The van der Waals surface area contributed by atoms with Gasteiger partial charge in [-0.2, -0.15) is 11.3 Å². The van der Waals surface area contributed by atoms with E-state index < -0.39 is 15.8 Å². The van der Waals surface area contributed by atoms with Crippen LogP contribution in [0.4, 0.5) is 0 Å². The van der Waals surface area contributed by atoms with E-state index in [-0.39, 0.29) is 17.1 Å². The van der Waals surface area contributed by atoms with E-state index in [4.69, 9.17) is 5.11 Å². The second kappa shape index (κ2) is 5.54. The second-order valence-electron chi connectivity index (χ2n) is 4.11. The van der Waals surface area contributed by atoms with E-state index in [1.54, 1.807) is 11.4 Å². The molecule has 0 radical (unpaired) electrons. The summed E-state index contributed by atoms with van der Waals surface area (Å²) in [4.78, 5) is 10.8. The molecule has 2 rings (SSSR count). The van der Waals surface area contributed by atoms with E-state index in [0.717, 1.165) is 5.56 Å². The molecule has 0 spiro atoms. The average Bonchev–Trinajstić information content (AvgIpc) is 2.81. The largest absolute Gasteiger partial charge is 0.481 e. The van der Waals surface area contributed by atoms with Crippen molar-refractivity contribution in [3.05, 3.63) is 52.2 Å². The van der Waals surface area contributed by atoms with Crippen molar-refractivity contribution in [2.24, 2.45) is 0 Å². The minimum absolute atomic E-state index is 0.0330. The molecule has 0 unspecified atom stereocenters. The number of carboxylic acid groups (broad SMARTS) is 1. The van der Waals surface area contributed by atoms with E-state index in [2.05, 4.69) is 0 Å². The zero-order chi connectivity index (χ0) is 13.9. The lowest BCUT2D eigenvalue weighted by Gasteiger charge is -2.04. The Hall–Kier alpha value is -1.66. The van der Waals surface area contributed by atoms with Crippen LogP contribution < -0.4 is 0 Å². The maximum absolute atomic E-state index is 12.1. The zero-order valence-corrected chi connectivity index (χ0v) is 11.6. The Morgan fingerprint density at radius 1 is 1.11 bits per heavy atom. The summed E-state index contributed by atoms with van der Waals surface area (Å²) in [5, 5.41) is 12.3. The molecule has 1 aromatic carbocycles. The predicted molar refractivity (Wildman–Crippen MR) is 73.0 cm³/mol. The van der Waals surface area contributed by atoms with Crippen LogP contribution in [-0.4, -0.2) is 19.5 Å². The maximum atomic E-state index is 12.1. The Morgan fingerprint density at radius 3 is 2.32 bits per heavy atom. The number of hydrogen-bond donors (Lipinski definition) is 1. The van der Waals surface area contributed by atoms with Crippen LogP contribution in [0.1, 0.15) is 11.1 Å². The minimum Gasteiger partial charge on any atom is -0.481 e. The molecule has 0 aliphatic heterocycles. The number of aliphatic carboxylic acids is 1. The molecule has 0 amide bonds. The van der Waals surface area contributed by atoms with Crippen molar-refractivity contribution in [2.45, 2.75) is 17.1 Å². The normalized spacial score (nSPS) is 11.4. The van der Waals surface area contributed by atoms with E-state index in [9.17, 15) is 13.2 Å². The van der Waals surface area contributed by atoms with Gasteiger partial charge in [0, 0.05) is 0 Å². The van der Waals surface area contributed by atoms with Crippen LogP contribution in [-0.2, 0) is 26.8 Å². The standard InChI is InChI=1S/C13H12O4S2/c14-13(15)7-10-1-3-12(4-2-10)19(16,17)9-11-5-6-18-8-11/h1-6,8H,7,9H2,(H,14,15). The highest BCUT2D eigenvalue weighted by atomic mass is 32.2. The van der Waals surface area contributed by atoms with Crippen molar-refractivity contribution >= 4 is 27.1 Å². The fourth-order valence-electron chi connectivity index (χ4n) is 1.67. The number of carbonyl (C=O) groups is 1. The summed E-state index contributed by atoms with van der Waals surface area (Å²) in [5.41, 5.74) is 1.35. The maximum Gasteiger partial charge on any atom is 0.307 e. The van der Waals surface area contributed by atoms with Crippen molar-refractivity contribution in [3.63, 3.8) is 0 Å². The lowest BCUT2D eigenvalue weighted by Crippen LogP contribution is -2.05. The van der Waals surface area contributed by atoms with Gasteiger partial charge in [0.15, 0.2) is 9.84 Å². The first-order chi connectivity index (χ1) is 8.97. The van der Waals surface area contributed by atoms with Crippen LogP contribution in [0.3, 0.4) is 0 Å². The van der Waals surface area contributed by atoms with Crippen LogP contribution in [0.2, 0.25) is 0 Å². The first-order valence-corrected chi connectivity index (χ1v) is 8.11. The molecule has 1 aromatic heterocycles. The second-order valence-corrected chi connectivity index (χ2v) is 6.87. The van der Waals surface area contributed by atoms with Gasteiger partial charge in [0.2, 0.25) is 0 Å². The summed E-state index contributed by atoms with van der Waals surface area (Å²) in [7, 11) is -3.37. The SMILES string of the molecule is O=C(O)Cc1ccc(S(=O)(=O)Cc2ccsc2)cc1. The summed E-state index contributed by atoms with van der Waals surface area (Å²) in [6.07, 6.45) is -0.106. The molecule has 0 fully saturated rings. The van der Waals surface area contributed by atoms with E-state index in [1.807, 2.05) is 5.38 Å². The molecule has 6 heteroatoms. The first kappa shape index (κ1) is 13.8. The van der Waals surface area contributed by atoms with Gasteiger partial charge in [-0.1, -0.05) is 12.1 Å². The number of rotatable bonds is 5. The van der Waals surface area contributed by atoms with Crippen LogP contribution >= 0.6 is 11.3 Å². The van der Waals surface area contributed by atoms with Gasteiger partial charge in [0.05, 0.1) is 17.1 Å². The molecule has 1 heterocycles. The highest BCUT2D eigenvalue weighted by molar-refractivity contribution is 7.90. The first-order valence-electron chi connectivity index (χ1n) is 5.52. The molecule has 19 heavy (non-hydrogen) atoms. The summed E-state index contributed by atoms with van der Waals surface area (Å²) >= 11 is 1.46. The van der Waals surface area contributed by atoms with Gasteiger partial charge in [-0.15, -0.1) is 0 Å². The summed E-state index contributed by atoms with van der Waals surface area (Å²) < 4.78 is 24.2. The monoisotopic (exact) mass is 296 g/mol. The molecule has 0 aliphatic carbocycles. The third-order valence-electron chi connectivity index (χ3n) is 2.57. The predicted octanol–water partition coefficient (Wildman–Crippen LogP) is 2.35. The van der Waals surface area contributed by atoms with Gasteiger partial charge in [-0.3, -0.25) is 4.79 Å². The summed E-state index contributed by atoms with van der Waals surface area (Å²) in [5.74, 6) is -0.969. The Morgan fingerprint density at radius 2 is 1.79 bits per heavy atom. The quantitative estimate of drug-likeness (QED) is 0.919. The van der Waals surface area contributed by atoms with Crippen molar-refractivity contribution in [1.82, 2.24) is 0 Å². The fourth-order valence-corrected chi connectivity index (χ4v) is 3.78. The Kier molecular flexibility index (Phi) is 4.01. The Labute approximate surface area is 115 Å². The molecule has 0 atom stereocenters. The molecule has 4 nitrogen and oxygen atoms in total. The van der Waals surface area contributed by atoms with Gasteiger partial charge in [-0.05, 0) is 40.1 Å². The highest BCUT2D eigenvalue weighted by Crippen LogP contribution is 2.18. The smallest absolute Gasteiger partial charge is 0.307 e. The van der Waals surface area contributed by atoms with Gasteiger partial charge in [-0.25, -0.2) is 8.42 Å². The van der Waals surface area contributed by atoms with Crippen molar-refractivity contribution in [1.29, 1.82) is 0 Å². The van der Waals surface area contributed by atoms with Crippen molar-refractivity contribution in [2.75, 3.05) is 0 Å². The molecule has 1 N–H and O–H groups in total. The topological polar surface area (TPSA) is 71.4 Å². The lowest BCUT2D eigenvalue weighted by molar-refractivity contribution is -0.136. The Bertz CT molecular complexity index is 655. The van der Waals surface area contributed by atoms with Gasteiger partial charge < -0.3 is 5.11 Å². The highest BCUT2D eigenvalue weighted by Gasteiger charge is 2.15. The van der Waals surface area contributed by atoms with E-state index in [0.29, 0.717) is 5.56 Å². The van der Waals surface area contributed by atoms with Gasteiger partial charge in [0.1, 0.15) is 0 Å². The zero-order valence-electron chi connectivity index (χ0n) is 9.94. The van der Waals surface area contributed by atoms with E-state index >= 15 is 0 Å². The lowest BCUT2D eigenvalue weighted by atomic mass is 10.2. The minimum atomic E-state index is -3.37. The molecule has 100 valence electrons. The fraction of sp³-hybridized carbons (Fsp3) is 0.154. The van der Waals surface area contributed by atoms with Gasteiger partial charge in [0.25, 0.3) is 0 Å². The third kappa shape index (κ3) is 3.65. The molecular formula is C13H12O4S2. The molecule has 0 bridgehead atoms. The molecule has 0 aliphatic rings. The van der Waals surface area contributed by atoms with Crippen LogP contribution in [0.15, 0.2) is 46.0 Å². The summed E-state index contributed by atoms with van der Waals surface area (Å²) in [6.45, 7) is 0.